The Balaban J connectivity index is 1.79. The topological polar surface area (TPSA) is 89.5 Å². The summed E-state index contributed by atoms with van der Waals surface area (Å²) in [7, 11) is -3.04. The predicted octanol–water partition coefficient (Wildman–Crippen LogP) is 0.578. The van der Waals surface area contributed by atoms with Crippen molar-refractivity contribution in [1.29, 1.82) is 0 Å². The van der Waals surface area contributed by atoms with E-state index in [4.69, 9.17) is 4.74 Å². The first-order valence-electron chi connectivity index (χ1n) is 7.23. The van der Waals surface area contributed by atoms with E-state index >= 15 is 0 Å². The van der Waals surface area contributed by atoms with Gasteiger partial charge in [-0.05, 0) is 32.6 Å². The minimum Gasteiger partial charge on any atom is -0.452 e. The molecule has 0 aromatic heterocycles. The number of allylic oxidation sites excluding steroid dienone is 2. The van der Waals surface area contributed by atoms with E-state index in [1.807, 2.05) is 12.2 Å². The fourth-order valence-electron chi connectivity index (χ4n) is 2.56. The zero-order valence-electron chi connectivity index (χ0n) is 12.1. The number of nitrogens with one attached hydrogen (secondary N) is 1. The molecule has 1 amide bonds. The molecule has 118 valence electrons. The zero-order valence-corrected chi connectivity index (χ0v) is 12.9. The van der Waals surface area contributed by atoms with Crippen molar-refractivity contribution in [3.8, 4) is 0 Å². The smallest absolute Gasteiger partial charge is 0.310 e. The van der Waals surface area contributed by atoms with Gasteiger partial charge < -0.3 is 10.1 Å². The lowest BCUT2D eigenvalue weighted by molar-refractivity contribution is -0.159. The molecule has 0 aromatic carbocycles. The van der Waals surface area contributed by atoms with Crippen LogP contribution < -0.4 is 5.32 Å². The van der Waals surface area contributed by atoms with Crippen molar-refractivity contribution in [2.75, 3.05) is 11.5 Å². The summed E-state index contributed by atoms with van der Waals surface area (Å²) in [4.78, 5) is 23.9. The highest BCUT2D eigenvalue weighted by Crippen LogP contribution is 2.20. The molecular formula is C14H21NO5S. The summed E-state index contributed by atoms with van der Waals surface area (Å²) in [6.45, 7) is 1.51. The molecule has 0 radical (unpaired) electrons. The number of amides is 1. The summed E-state index contributed by atoms with van der Waals surface area (Å²) in [6, 6.07) is -0.374. The van der Waals surface area contributed by atoms with Crippen molar-refractivity contribution in [1.82, 2.24) is 5.32 Å². The van der Waals surface area contributed by atoms with Crippen LogP contribution in [-0.2, 0) is 24.2 Å². The van der Waals surface area contributed by atoms with Gasteiger partial charge in [-0.25, -0.2) is 8.42 Å². The van der Waals surface area contributed by atoms with Crippen molar-refractivity contribution in [3.63, 3.8) is 0 Å². The van der Waals surface area contributed by atoms with Crippen molar-refractivity contribution < 1.29 is 22.7 Å². The van der Waals surface area contributed by atoms with Crippen molar-refractivity contribution in [2.24, 2.45) is 5.92 Å². The molecule has 0 bridgehead atoms. The van der Waals surface area contributed by atoms with E-state index in [1.165, 1.54) is 6.92 Å². The van der Waals surface area contributed by atoms with Gasteiger partial charge in [-0.2, -0.15) is 0 Å². The van der Waals surface area contributed by atoms with Gasteiger partial charge in [0, 0.05) is 6.04 Å². The van der Waals surface area contributed by atoms with E-state index < -0.39 is 21.8 Å². The van der Waals surface area contributed by atoms with Gasteiger partial charge in [0.05, 0.1) is 17.4 Å². The Hall–Kier alpha value is -1.37. The number of sulfone groups is 1. The Bertz CT molecular complexity index is 540. The summed E-state index contributed by atoms with van der Waals surface area (Å²) >= 11 is 0. The van der Waals surface area contributed by atoms with Gasteiger partial charge in [-0.3, -0.25) is 9.59 Å². The summed E-state index contributed by atoms with van der Waals surface area (Å²) in [5, 5.41) is 2.63. The molecule has 2 aliphatic rings. The van der Waals surface area contributed by atoms with Crippen molar-refractivity contribution in [3.05, 3.63) is 12.2 Å². The monoisotopic (exact) mass is 315 g/mol. The molecule has 0 spiro atoms. The van der Waals surface area contributed by atoms with Crippen LogP contribution in [0, 0.1) is 5.92 Å². The van der Waals surface area contributed by atoms with Gasteiger partial charge >= 0.3 is 5.97 Å². The molecule has 6 nitrogen and oxygen atoms in total. The van der Waals surface area contributed by atoms with Crippen LogP contribution in [0.1, 0.15) is 32.6 Å². The van der Waals surface area contributed by atoms with E-state index in [0.29, 0.717) is 12.8 Å². The second kappa shape index (κ2) is 6.60. The maximum Gasteiger partial charge on any atom is 0.310 e. The molecule has 1 aliphatic heterocycles. The first-order valence-corrected chi connectivity index (χ1v) is 9.06. The van der Waals surface area contributed by atoms with Gasteiger partial charge in [0.2, 0.25) is 0 Å². The molecule has 0 saturated carbocycles. The largest absolute Gasteiger partial charge is 0.452 e. The Morgan fingerprint density at radius 1 is 1.29 bits per heavy atom. The van der Waals surface area contributed by atoms with Crippen LogP contribution in [0.5, 0.6) is 0 Å². The summed E-state index contributed by atoms with van der Waals surface area (Å²) in [5.41, 5.74) is 0. The van der Waals surface area contributed by atoms with Crippen molar-refractivity contribution >= 4 is 21.7 Å². The fourth-order valence-corrected chi connectivity index (χ4v) is 4.23. The molecule has 1 fully saturated rings. The normalized spacial score (nSPS) is 28.8. The lowest BCUT2D eigenvalue weighted by Crippen LogP contribution is -2.43. The molecule has 2 rings (SSSR count). The van der Waals surface area contributed by atoms with E-state index in [9.17, 15) is 18.0 Å². The highest BCUT2D eigenvalue weighted by Gasteiger charge is 2.31. The number of carbonyl (C=O) groups excluding carboxylic acids is 2. The highest BCUT2D eigenvalue weighted by atomic mass is 32.2. The molecule has 1 saturated heterocycles. The highest BCUT2D eigenvalue weighted by molar-refractivity contribution is 7.91. The Morgan fingerprint density at radius 3 is 2.62 bits per heavy atom. The quantitative estimate of drug-likeness (QED) is 0.605. The van der Waals surface area contributed by atoms with Crippen LogP contribution in [0.2, 0.25) is 0 Å². The average Bonchev–Trinajstić information content (AvgIpc) is 2.78. The molecule has 3 atom stereocenters. The third-order valence-corrected chi connectivity index (χ3v) is 5.61. The first kappa shape index (κ1) is 16.0. The number of carbonyl (C=O) groups is 2. The molecule has 21 heavy (non-hydrogen) atoms. The number of hydrogen-bond donors (Lipinski definition) is 1. The fraction of sp³-hybridized carbons (Fsp3) is 0.714. The van der Waals surface area contributed by atoms with Crippen LogP contribution in [0.3, 0.4) is 0 Å². The van der Waals surface area contributed by atoms with Gasteiger partial charge in [0.15, 0.2) is 15.9 Å². The maximum atomic E-state index is 11.9. The molecular weight excluding hydrogens is 294 g/mol. The molecule has 1 N–H and O–H groups in total. The number of rotatable bonds is 4. The lowest BCUT2D eigenvalue weighted by Gasteiger charge is -2.20. The summed E-state index contributed by atoms with van der Waals surface area (Å²) in [5.74, 6) is -0.914. The third-order valence-electron chi connectivity index (χ3n) is 3.84. The van der Waals surface area contributed by atoms with Crippen LogP contribution >= 0.6 is 0 Å². The predicted molar refractivity (Wildman–Crippen MR) is 77.2 cm³/mol. The van der Waals surface area contributed by atoms with E-state index in [-0.39, 0.29) is 29.4 Å². The molecule has 1 heterocycles. The molecule has 1 aliphatic carbocycles. The Kier molecular flexibility index (Phi) is 5.03. The van der Waals surface area contributed by atoms with E-state index in [2.05, 4.69) is 5.32 Å². The number of hydrogen-bond acceptors (Lipinski definition) is 5. The second-order valence-corrected chi connectivity index (χ2v) is 7.90. The Labute approximate surface area is 124 Å². The summed E-state index contributed by atoms with van der Waals surface area (Å²) < 4.78 is 27.8. The first-order chi connectivity index (χ1) is 9.87. The van der Waals surface area contributed by atoms with Crippen LogP contribution in [-0.4, -0.2) is 43.9 Å². The van der Waals surface area contributed by atoms with Crippen LogP contribution in [0.4, 0.5) is 0 Å². The Morgan fingerprint density at radius 2 is 2.05 bits per heavy atom. The summed E-state index contributed by atoms with van der Waals surface area (Å²) in [6.07, 6.45) is 5.73. The molecule has 0 unspecified atom stereocenters. The van der Waals surface area contributed by atoms with Crippen LogP contribution in [0.25, 0.3) is 0 Å². The lowest BCUT2D eigenvalue weighted by atomic mass is 9.95. The second-order valence-electron chi connectivity index (χ2n) is 5.67. The molecule has 0 aromatic rings. The average molecular weight is 315 g/mol. The molecule has 7 heteroatoms. The maximum absolute atomic E-state index is 11.9. The number of ether oxygens (including phenoxy) is 1. The van der Waals surface area contributed by atoms with Gasteiger partial charge in [0.1, 0.15) is 0 Å². The minimum atomic E-state index is -3.04. The SMILES string of the molecule is C[C@@H](OC(=O)[C@H]1CC=CCC1)C(=O)N[C@H]1CCS(=O)(=O)C1. The zero-order chi connectivity index (χ0) is 15.5. The van der Waals surface area contributed by atoms with Crippen LogP contribution in [0.15, 0.2) is 12.2 Å². The van der Waals surface area contributed by atoms with E-state index in [1.54, 1.807) is 0 Å². The third kappa shape index (κ3) is 4.56. The van der Waals surface area contributed by atoms with Gasteiger partial charge in [-0.15, -0.1) is 0 Å². The van der Waals surface area contributed by atoms with Crippen molar-refractivity contribution in [2.45, 2.75) is 44.8 Å². The number of esters is 1. The minimum absolute atomic E-state index is 0.0349. The van der Waals surface area contributed by atoms with Gasteiger partial charge in [-0.1, -0.05) is 12.2 Å². The van der Waals surface area contributed by atoms with E-state index in [0.717, 1.165) is 12.8 Å². The standard InChI is InChI=1S/C14H21NO5S/c1-10(20-14(17)11-5-3-2-4-6-11)13(16)15-12-7-8-21(18,19)9-12/h2-3,10-12H,4-9H2,1H3,(H,15,16)/t10-,11+,12+/m1/s1. The van der Waals surface area contributed by atoms with Gasteiger partial charge in [0.25, 0.3) is 5.91 Å².